The van der Waals surface area contributed by atoms with Gasteiger partial charge in [-0.2, -0.15) is 0 Å². The van der Waals surface area contributed by atoms with E-state index in [1.807, 2.05) is 29.6 Å². The number of nitrogens with zero attached hydrogens (tertiary/aromatic N) is 3. The number of likely N-dealkylation sites (N-methyl/N-ethyl adjacent to an activating group) is 1. The Kier molecular flexibility index (Phi) is 4.67. The lowest BCUT2D eigenvalue weighted by molar-refractivity contribution is 0.0808. The van der Waals surface area contributed by atoms with Gasteiger partial charge < -0.3 is 9.64 Å². The number of fused-ring (bicyclic) bond motifs is 1. The van der Waals surface area contributed by atoms with Crippen LogP contribution in [0.25, 0.3) is 16.2 Å². The fraction of sp³-hybridized carbons (Fsp3) is 0.167. The molecule has 0 fully saturated rings. The first-order valence-electron chi connectivity index (χ1n) is 7.57. The summed E-state index contributed by atoms with van der Waals surface area (Å²) in [7, 11) is 3.21. The lowest BCUT2D eigenvalue weighted by atomic mass is 10.1. The molecule has 128 valence electrons. The number of carbonyl (C=O) groups is 1. The van der Waals surface area contributed by atoms with Crippen LogP contribution in [-0.2, 0) is 0 Å². The van der Waals surface area contributed by atoms with E-state index >= 15 is 0 Å². The summed E-state index contributed by atoms with van der Waals surface area (Å²) < 4.78 is 6.71. The number of hydrogen-bond donors (Lipinski definition) is 0. The Morgan fingerprint density at radius 3 is 3.00 bits per heavy atom. The van der Waals surface area contributed by atoms with E-state index in [1.165, 1.54) is 26.8 Å². The van der Waals surface area contributed by atoms with Gasteiger partial charge in [0.25, 0.3) is 11.5 Å². The van der Waals surface area contributed by atoms with Crippen molar-refractivity contribution in [2.75, 3.05) is 20.7 Å². The Bertz CT molecular complexity index is 1010. The summed E-state index contributed by atoms with van der Waals surface area (Å²) in [5.74, 6) is 0.311. The molecule has 0 aliphatic rings. The molecular formula is C18H17N3O3S. The minimum absolute atomic E-state index is 0.0318. The minimum atomic E-state index is -0.384. The average molecular weight is 355 g/mol. The Balaban J connectivity index is 2.16. The van der Waals surface area contributed by atoms with E-state index in [9.17, 15) is 9.59 Å². The summed E-state index contributed by atoms with van der Waals surface area (Å²) in [4.78, 5) is 31.6. The summed E-state index contributed by atoms with van der Waals surface area (Å²) in [5.41, 5.74) is 1.14. The third-order valence-electron chi connectivity index (χ3n) is 3.79. The zero-order valence-electron chi connectivity index (χ0n) is 13.9. The molecule has 2 aromatic heterocycles. The molecule has 0 aliphatic carbocycles. The predicted octanol–water partition coefficient (Wildman–Crippen LogP) is 2.69. The van der Waals surface area contributed by atoms with Gasteiger partial charge in [0.2, 0.25) is 0 Å². The Labute approximate surface area is 148 Å². The third kappa shape index (κ3) is 3.06. The number of ether oxygens (including phenoxy) is 1. The number of thiazole rings is 1. The fourth-order valence-corrected chi connectivity index (χ4v) is 3.36. The first-order valence-corrected chi connectivity index (χ1v) is 8.44. The first kappa shape index (κ1) is 16.9. The van der Waals surface area contributed by atoms with Crippen molar-refractivity contribution in [2.45, 2.75) is 0 Å². The molecule has 1 aromatic carbocycles. The van der Waals surface area contributed by atoms with Crippen molar-refractivity contribution >= 4 is 22.2 Å². The number of rotatable bonds is 5. The molecular weight excluding hydrogens is 338 g/mol. The molecule has 0 bridgehead atoms. The number of hydrogen-bond acceptors (Lipinski definition) is 5. The van der Waals surface area contributed by atoms with Crippen molar-refractivity contribution in [3.63, 3.8) is 0 Å². The van der Waals surface area contributed by atoms with Crippen LogP contribution in [0.5, 0.6) is 5.75 Å². The van der Waals surface area contributed by atoms with E-state index < -0.39 is 0 Å². The topological polar surface area (TPSA) is 63.9 Å². The molecule has 7 heteroatoms. The highest BCUT2D eigenvalue weighted by Crippen LogP contribution is 2.26. The van der Waals surface area contributed by atoms with Gasteiger partial charge in [0.1, 0.15) is 11.3 Å². The van der Waals surface area contributed by atoms with Crippen LogP contribution in [0.2, 0.25) is 0 Å². The van der Waals surface area contributed by atoms with Crippen LogP contribution >= 0.6 is 11.3 Å². The summed E-state index contributed by atoms with van der Waals surface area (Å²) >= 11 is 1.35. The second kappa shape index (κ2) is 6.90. The molecule has 3 aromatic rings. The van der Waals surface area contributed by atoms with E-state index in [-0.39, 0.29) is 17.0 Å². The SMILES string of the molecule is C=CCN(C)C(=O)c1cnc2scc(-c3cccc(OC)c3)n2c1=O. The molecule has 3 rings (SSSR count). The Hall–Kier alpha value is -2.93. The second-order valence-electron chi connectivity index (χ2n) is 5.42. The normalized spacial score (nSPS) is 10.6. The molecule has 0 spiro atoms. The lowest BCUT2D eigenvalue weighted by Gasteiger charge is -2.14. The number of benzene rings is 1. The molecule has 0 saturated heterocycles. The molecule has 0 N–H and O–H groups in total. The van der Waals surface area contributed by atoms with Crippen LogP contribution in [0, 0.1) is 0 Å². The van der Waals surface area contributed by atoms with Crippen LogP contribution in [0.1, 0.15) is 10.4 Å². The number of methoxy groups -OCH3 is 1. The molecule has 0 saturated carbocycles. The van der Waals surface area contributed by atoms with E-state index in [0.29, 0.717) is 22.9 Å². The maximum Gasteiger partial charge on any atom is 0.271 e. The van der Waals surface area contributed by atoms with Crippen molar-refractivity contribution < 1.29 is 9.53 Å². The first-order chi connectivity index (χ1) is 12.1. The number of carbonyl (C=O) groups excluding carboxylic acids is 1. The molecule has 2 heterocycles. The van der Waals surface area contributed by atoms with E-state index in [0.717, 1.165) is 5.56 Å². The average Bonchev–Trinajstić information content (AvgIpc) is 3.07. The standard InChI is InChI=1S/C18H17N3O3S/c1-4-8-20(2)16(22)14-10-19-18-21(17(14)23)15(11-25-18)12-6-5-7-13(9-12)24-3/h4-7,9-11H,1,8H2,2-3H3. The van der Waals surface area contributed by atoms with Gasteiger partial charge in [-0.05, 0) is 12.1 Å². The van der Waals surface area contributed by atoms with Crippen LogP contribution in [0.3, 0.4) is 0 Å². The van der Waals surface area contributed by atoms with Gasteiger partial charge in [-0.15, -0.1) is 17.9 Å². The van der Waals surface area contributed by atoms with Crippen molar-refractivity contribution in [3.05, 3.63) is 64.4 Å². The van der Waals surface area contributed by atoms with Crippen LogP contribution in [0.15, 0.2) is 53.3 Å². The number of aromatic nitrogens is 2. The summed E-state index contributed by atoms with van der Waals surface area (Å²) in [5, 5.41) is 1.85. The van der Waals surface area contributed by atoms with Crippen LogP contribution in [-0.4, -0.2) is 40.9 Å². The van der Waals surface area contributed by atoms with Crippen molar-refractivity contribution in [2.24, 2.45) is 0 Å². The quantitative estimate of drug-likeness (QED) is 0.660. The zero-order chi connectivity index (χ0) is 18.0. The zero-order valence-corrected chi connectivity index (χ0v) is 14.7. The molecule has 0 aliphatic heterocycles. The largest absolute Gasteiger partial charge is 0.497 e. The third-order valence-corrected chi connectivity index (χ3v) is 4.63. The van der Waals surface area contributed by atoms with E-state index in [2.05, 4.69) is 11.6 Å². The van der Waals surface area contributed by atoms with Gasteiger partial charge in [-0.1, -0.05) is 18.2 Å². The molecule has 0 atom stereocenters. The second-order valence-corrected chi connectivity index (χ2v) is 6.26. The van der Waals surface area contributed by atoms with Gasteiger partial charge in [-0.25, -0.2) is 4.98 Å². The van der Waals surface area contributed by atoms with Crippen molar-refractivity contribution in [1.29, 1.82) is 0 Å². The number of amides is 1. The van der Waals surface area contributed by atoms with E-state index in [1.54, 1.807) is 20.2 Å². The highest BCUT2D eigenvalue weighted by molar-refractivity contribution is 7.15. The van der Waals surface area contributed by atoms with Gasteiger partial charge >= 0.3 is 0 Å². The van der Waals surface area contributed by atoms with Gasteiger partial charge in [0, 0.05) is 30.7 Å². The Morgan fingerprint density at radius 1 is 1.48 bits per heavy atom. The van der Waals surface area contributed by atoms with Gasteiger partial charge in [0.05, 0.1) is 12.8 Å². The molecule has 0 radical (unpaired) electrons. The highest BCUT2D eigenvalue weighted by atomic mass is 32.1. The molecule has 0 unspecified atom stereocenters. The summed E-state index contributed by atoms with van der Waals surface area (Å²) in [6, 6.07) is 7.41. The predicted molar refractivity (Wildman–Crippen MR) is 98.5 cm³/mol. The van der Waals surface area contributed by atoms with E-state index in [4.69, 9.17) is 4.74 Å². The monoisotopic (exact) mass is 355 g/mol. The van der Waals surface area contributed by atoms with Crippen molar-refractivity contribution in [3.8, 4) is 17.0 Å². The highest BCUT2D eigenvalue weighted by Gasteiger charge is 2.19. The fourth-order valence-electron chi connectivity index (χ4n) is 2.51. The molecule has 25 heavy (non-hydrogen) atoms. The molecule has 6 nitrogen and oxygen atoms in total. The molecule has 1 amide bonds. The van der Waals surface area contributed by atoms with Gasteiger partial charge in [0.15, 0.2) is 4.96 Å². The van der Waals surface area contributed by atoms with Gasteiger partial charge in [-0.3, -0.25) is 14.0 Å². The summed E-state index contributed by atoms with van der Waals surface area (Å²) in [6.45, 7) is 3.96. The smallest absolute Gasteiger partial charge is 0.271 e. The minimum Gasteiger partial charge on any atom is -0.497 e. The van der Waals surface area contributed by atoms with Crippen LogP contribution < -0.4 is 10.3 Å². The maximum atomic E-state index is 12.9. The summed E-state index contributed by atoms with van der Waals surface area (Å²) in [6.07, 6.45) is 2.94. The maximum absolute atomic E-state index is 12.9. The van der Waals surface area contributed by atoms with Crippen LogP contribution in [0.4, 0.5) is 0 Å². The van der Waals surface area contributed by atoms with Crippen molar-refractivity contribution in [1.82, 2.24) is 14.3 Å². The lowest BCUT2D eigenvalue weighted by Crippen LogP contribution is -2.33. The Morgan fingerprint density at radius 2 is 2.28 bits per heavy atom.